The summed E-state index contributed by atoms with van der Waals surface area (Å²) in [5, 5.41) is 9.65. The number of fused-ring (bicyclic) bond motifs is 5. The van der Waals surface area contributed by atoms with Crippen molar-refractivity contribution in [2.75, 3.05) is 0 Å². The van der Waals surface area contributed by atoms with Crippen molar-refractivity contribution in [1.82, 2.24) is 0 Å². The van der Waals surface area contributed by atoms with Crippen molar-refractivity contribution in [2.45, 2.75) is 78.1 Å². The van der Waals surface area contributed by atoms with Crippen LogP contribution in [0, 0.1) is 40.4 Å². The molecule has 0 aromatic carbocycles. The second kappa shape index (κ2) is 4.98. The lowest BCUT2D eigenvalue weighted by molar-refractivity contribution is -0.152. The van der Waals surface area contributed by atoms with Crippen molar-refractivity contribution < 1.29 is 9.90 Å². The van der Waals surface area contributed by atoms with Crippen LogP contribution >= 0.6 is 0 Å². The van der Waals surface area contributed by atoms with Gasteiger partial charge in [0.05, 0.1) is 5.92 Å². The van der Waals surface area contributed by atoms with Crippen LogP contribution in [-0.4, -0.2) is 11.1 Å². The summed E-state index contributed by atoms with van der Waals surface area (Å²) in [6.07, 6.45) is 13.1. The van der Waals surface area contributed by atoms with Crippen molar-refractivity contribution in [2.24, 2.45) is 40.4 Å². The molecule has 2 nitrogen and oxygen atoms in total. The number of rotatable bonds is 1. The molecule has 0 saturated heterocycles. The summed E-state index contributed by atoms with van der Waals surface area (Å²) < 4.78 is 0. The van der Waals surface area contributed by atoms with E-state index in [1.54, 1.807) is 0 Å². The van der Waals surface area contributed by atoms with Gasteiger partial charge in [0.2, 0.25) is 0 Å². The van der Waals surface area contributed by atoms with Crippen molar-refractivity contribution >= 4 is 5.97 Å². The van der Waals surface area contributed by atoms with Crippen LogP contribution in [0.2, 0.25) is 0 Å². The van der Waals surface area contributed by atoms with Gasteiger partial charge in [0, 0.05) is 0 Å². The minimum Gasteiger partial charge on any atom is -0.481 e. The highest BCUT2D eigenvalue weighted by molar-refractivity contribution is 5.71. The van der Waals surface area contributed by atoms with Crippen molar-refractivity contribution in [3.05, 3.63) is 0 Å². The zero-order chi connectivity index (χ0) is 15.5. The third kappa shape index (κ3) is 1.88. The van der Waals surface area contributed by atoms with Crippen LogP contribution < -0.4 is 0 Å². The summed E-state index contributed by atoms with van der Waals surface area (Å²) in [6.45, 7) is 4.91. The molecule has 0 aromatic rings. The zero-order valence-electron chi connectivity index (χ0n) is 14.3. The molecule has 4 saturated carbocycles. The maximum Gasteiger partial charge on any atom is 0.307 e. The number of carboxylic acid groups (broad SMARTS) is 1. The number of aliphatic carboxylic acids is 1. The van der Waals surface area contributed by atoms with Gasteiger partial charge in [0.1, 0.15) is 0 Å². The maximum atomic E-state index is 11.7. The summed E-state index contributed by atoms with van der Waals surface area (Å²) >= 11 is 0. The molecule has 7 atom stereocenters. The highest BCUT2D eigenvalue weighted by Gasteiger charge is 2.60. The third-order valence-electron chi connectivity index (χ3n) is 8.88. The molecule has 4 rings (SSSR count). The smallest absolute Gasteiger partial charge is 0.307 e. The van der Waals surface area contributed by atoms with E-state index in [0.717, 1.165) is 30.6 Å². The SMILES string of the molecule is C[C@]12CCC3C(CC[C@@H]4CCCC[C@]34C)C1CC[C@@H]2C(=O)O. The fourth-order valence-corrected chi connectivity index (χ4v) is 7.70. The lowest BCUT2D eigenvalue weighted by Gasteiger charge is -2.60. The molecule has 4 aliphatic rings. The molecular weight excluding hydrogens is 272 g/mol. The highest BCUT2D eigenvalue weighted by atomic mass is 16.4. The minimum atomic E-state index is -0.527. The van der Waals surface area contributed by atoms with Gasteiger partial charge in [-0.3, -0.25) is 4.79 Å². The van der Waals surface area contributed by atoms with Crippen molar-refractivity contribution in [3.63, 3.8) is 0 Å². The molecule has 22 heavy (non-hydrogen) atoms. The first-order valence-electron chi connectivity index (χ1n) is 9.69. The number of hydrogen-bond acceptors (Lipinski definition) is 1. The van der Waals surface area contributed by atoms with E-state index in [9.17, 15) is 9.90 Å². The minimum absolute atomic E-state index is 0.0738. The third-order valence-corrected chi connectivity index (χ3v) is 8.88. The number of hydrogen-bond donors (Lipinski definition) is 1. The molecule has 0 bridgehead atoms. The first-order valence-corrected chi connectivity index (χ1v) is 9.69. The molecule has 0 heterocycles. The van der Waals surface area contributed by atoms with Crippen LogP contribution in [0.3, 0.4) is 0 Å². The molecule has 1 N–H and O–H groups in total. The molecular formula is C20H32O2. The predicted molar refractivity (Wildman–Crippen MR) is 87.5 cm³/mol. The average Bonchev–Trinajstić information content (AvgIpc) is 2.84. The molecule has 0 spiro atoms. The Bertz CT molecular complexity index is 472. The van der Waals surface area contributed by atoms with E-state index in [0.29, 0.717) is 11.3 Å². The van der Waals surface area contributed by atoms with Crippen molar-refractivity contribution in [3.8, 4) is 0 Å². The lowest BCUT2D eigenvalue weighted by atomic mass is 9.45. The molecule has 0 amide bonds. The monoisotopic (exact) mass is 304 g/mol. The Morgan fingerprint density at radius 1 is 0.864 bits per heavy atom. The molecule has 2 heteroatoms. The van der Waals surface area contributed by atoms with Crippen LogP contribution in [0.5, 0.6) is 0 Å². The summed E-state index contributed by atoms with van der Waals surface area (Å²) in [6, 6.07) is 0. The van der Waals surface area contributed by atoms with Crippen LogP contribution in [0.25, 0.3) is 0 Å². The first-order chi connectivity index (χ1) is 10.5. The van der Waals surface area contributed by atoms with E-state index in [-0.39, 0.29) is 11.3 Å². The van der Waals surface area contributed by atoms with Gasteiger partial charge in [-0.25, -0.2) is 0 Å². The van der Waals surface area contributed by atoms with Gasteiger partial charge in [0.15, 0.2) is 0 Å². The van der Waals surface area contributed by atoms with E-state index < -0.39 is 5.97 Å². The summed E-state index contributed by atoms with van der Waals surface area (Å²) in [7, 11) is 0. The van der Waals surface area contributed by atoms with Gasteiger partial charge in [-0.2, -0.15) is 0 Å². The molecule has 124 valence electrons. The normalized spacial score (nSPS) is 54.2. The molecule has 0 aromatic heterocycles. The second-order valence-electron chi connectivity index (χ2n) is 9.42. The quantitative estimate of drug-likeness (QED) is 0.730. The summed E-state index contributed by atoms with van der Waals surface area (Å²) in [5.41, 5.74) is 0.661. The van der Waals surface area contributed by atoms with Gasteiger partial charge in [-0.1, -0.05) is 26.7 Å². The second-order valence-corrected chi connectivity index (χ2v) is 9.42. The Kier molecular flexibility index (Phi) is 3.40. The largest absolute Gasteiger partial charge is 0.481 e. The van der Waals surface area contributed by atoms with Crippen LogP contribution in [0.4, 0.5) is 0 Å². The van der Waals surface area contributed by atoms with Crippen LogP contribution in [0.1, 0.15) is 78.1 Å². The van der Waals surface area contributed by atoms with Crippen LogP contribution in [-0.2, 0) is 4.79 Å². The van der Waals surface area contributed by atoms with Gasteiger partial charge >= 0.3 is 5.97 Å². The van der Waals surface area contributed by atoms with Gasteiger partial charge in [-0.15, -0.1) is 0 Å². The first kappa shape index (κ1) is 15.0. The Morgan fingerprint density at radius 3 is 2.41 bits per heavy atom. The number of carbonyl (C=O) groups is 1. The Labute approximate surface area is 135 Å². The Hall–Kier alpha value is -0.530. The van der Waals surface area contributed by atoms with Crippen LogP contribution in [0.15, 0.2) is 0 Å². The van der Waals surface area contributed by atoms with E-state index >= 15 is 0 Å². The van der Waals surface area contributed by atoms with E-state index in [1.807, 2.05) is 0 Å². The zero-order valence-corrected chi connectivity index (χ0v) is 14.3. The fraction of sp³-hybridized carbons (Fsp3) is 0.950. The maximum absolute atomic E-state index is 11.7. The van der Waals surface area contributed by atoms with E-state index in [1.165, 1.54) is 51.4 Å². The topological polar surface area (TPSA) is 37.3 Å². The highest BCUT2D eigenvalue weighted by Crippen LogP contribution is 2.67. The molecule has 3 unspecified atom stereocenters. The predicted octanol–water partition coefficient (Wildman–Crippen LogP) is 5.12. The van der Waals surface area contributed by atoms with Gasteiger partial charge < -0.3 is 5.11 Å². The molecule has 4 fully saturated rings. The van der Waals surface area contributed by atoms with Gasteiger partial charge in [0.25, 0.3) is 0 Å². The standard InChI is InChI=1S/C20H32O2/c1-19-11-4-3-5-13(19)6-7-14-15-8-9-17(18(21)22)20(15,2)12-10-16(14)19/h13-17H,3-12H2,1-2H3,(H,21,22)/t13-,14?,15?,16?,17+,19-,20-/m0/s1. The van der Waals surface area contributed by atoms with Crippen molar-refractivity contribution in [1.29, 1.82) is 0 Å². The number of carboxylic acids is 1. The van der Waals surface area contributed by atoms with E-state index in [4.69, 9.17) is 0 Å². The molecule has 0 aliphatic heterocycles. The average molecular weight is 304 g/mol. The lowest BCUT2D eigenvalue weighted by Crippen LogP contribution is -2.53. The molecule has 4 aliphatic carbocycles. The Morgan fingerprint density at radius 2 is 1.64 bits per heavy atom. The molecule has 0 radical (unpaired) electrons. The van der Waals surface area contributed by atoms with Gasteiger partial charge in [-0.05, 0) is 85.9 Å². The fourth-order valence-electron chi connectivity index (χ4n) is 7.70. The summed E-state index contributed by atoms with van der Waals surface area (Å²) in [4.78, 5) is 11.7. The van der Waals surface area contributed by atoms with E-state index in [2.05, 4.69) is 13.8 Å². The Balaban J connectivity index is 1.63. The summed E-state index contributed by atoms with van der Waals surface area (Å²) in [5.74, 6) is 2.76.